The van der Waals surface area contributed by atoms with E-state index in [1.807, 2.05) is 31.2 Å². The van der Waals surface area contributed by atoms with Crippen LogP contribution >= 0.6 is 11.6 Å². The van der Waals surface area contributed by atoms with E-state index in [4.69, 9.17) is 25.2 Å². The Morgan fingerprint density at radius 1 is 1.12 bits per heavy atom. The van der Waals surface area contributed by atoms with Crippen LogP contribution in [0.3, 0.4) is 0 Å². The minimum atomic E-state index is -0.627. The Hall–Kier alpha value is -3.51. The topological polar surface area (TPSA) is 72.9 Å². The molecule has 0 radical (unpaired) electrons. The van der Waals surface area contributed by atoms with Gasteiger partial charge in [0.05, 0.1) is 36.4 Å². The Kier molecular flexibility index (Phi) is 5.92. The first-order valence-corrected chi connectivity index (χ1v) is 11.7. The average molecular weight is 478 g/mol. The van der Waals surface area contributed by atoms with Crippen LogP contribution in [0.4, 0.5) is 0 Å². The number of unbranched alkanes of at least 4 members (excludes halogenated alkanes) is 1. The van der Waals surface area contributed by atoms with Crippen molar-refractivity contribution in [3.05, 3.63) is 98.3 Å². The Bertz CT molecular complexity index is 1410. The molecule has 174 valence electrons. The van der Waals surface area contributed by atoms with E-state index in [-0.39, 0.29) is 23.6 Å². The molecule has 6 nitrogen and oxygen atoms in total. The molecular formula is C27H24ClNO5. The summed E-state index contributed by atoms with van der Waals surface area (Å²) in [6, 6.07) is 13.7. The second kappa shape index (κ2) is 9.03. The first-order valence-electron chi connectivity index (χ1n) is 11.3. The molecule has 0 spiro atoms. The number of furan rings is 1. The minimum absolute atomic E-state index is 0.0547. The van der Waals surface area contributed by atoms with Gasteiger partial charge in [-0.3, -0.25) is 9.59 Å². The molecule has 34 heavy (non-hydrogen) atoms. The number of benzene rings is 2. The van der Waals surface area contributed by atoms with Gasteiger partial charge in [-0.2, -0.15) is 0 Å². The van der Waals surface area contributed by atoms with Crippen LogP contribution in [0.2, 0.25) is 5.02 Å². The monoisotopic (exact) mass is 477 g/mol. The van der Waals surface area contributed by atoms with Crippen molar-refractivity contribution in [1.82, 2.24) is 4.90 Å². The second-order valence-corrected chi connectivity index (χ2v) is 8.86. The molecule has 0 N–H and O–H groups in total. The van der Waals surface area contributed by atoms with Gasteiger partial charge in [0.25, 0.3) is 5.91 Å². The Balaban J connectivity index is 1.63. The number of rotatable bonds is 7. The molecule has 0 fully saturated rings. The third-order valence-electron chi connectivity index (χ3n) is 6.12. The molecule has 0 aliphatic carbocycles. The second-order valence-electron chi connectivity index (χ2n) is 8.46. The van der Waals surface area contributed by atoms with E-state index in [0.29, 0.717) is 33.9 Å². The third kappa shape index (κ3) is 3.88. The molecule has 0 saturated heterocycles. The summed E-state index contributed by atoms with van der Waals surface area (Å²) in [7, 11) is 0. The zero-order valence-electron chi connectivity index (χ0n) is 19.0. The number of nitrogens with zero attached hydrogens (tertiary/aromatic N) is 1. The number of hydrogen-bond donors (Lipinski definition) is 0. The third-order valence-corrected chi connectivity index (χ3v) is 6.52. The largest absolute Gasteiger partial charge is 0.494 e. The number of fused-ring (bicyclic) bond motifs is 2. The van der Waals surface area contributed by atoms with Crippen LogP contribution in [0.25, 0.3) is 11.0 Å². The van der Waals surface area contributed by atoms with Crippen molar-refractivity contribution in [3.63, 3.8) is 0 Å². The molecular weight excluding hydrogens is 454 g/mol. The van der Waals surface area contributed by atoms with Gasteiger partial charge >= 0.3 is 0 Å². The lowest BCUT2D eigenvalue weighted by molar-refractivity contribution is 0.0701. The van der Waals surface area contributed by atoms with Crippen molar-refractivity contribution >= 4 is 28.5 Å². The highest BCUT2D eigenvalue weighted by Gasteiger charge is 2.43. The first kappa shape index (κ1) is 22.3. The Morgan fingerprint density at radius 2 is 1.91 bits per heavy atom. The van der Waals surface area contributed by atoms with Crippen LogP contribution in [0.15, 0.2) is 68.4 Å². The van der Waals surface area contributed by atoms with Gasteiger partial charge in [-0.05, 0) is 60.9 Å². The van der Waals surface area contributed by atoms with Crippen LogP contribution < -0.4 is 10.2 Å². The van der Waals surface area contributed by atoms with Crippen LogP contribution in [0.1, 0.15) is 58.8 Å². The standard InChI is InChI=1S/C27H24ClNO5/c1-3-4-11-32-18-9-7-17(8-10-18)24-23-25(30)20-14-21(28)16(2)13-22(20)34-26(23)27(31)29(24)15-19-6-5-12-33-19/h5-10,12-14,24H,3-4,11,15H2,1-2H3. The van der Waals surface area contributed by atoms with Gasteiger partial charge in [0.1, 0.15) is 17.1 Å². The fraction of sp³-hybridized carbons (Fsp3) is 0.259. The molecule has 4 aromatic rings. The van der Waals surface area contributed by atoms with Crippen molar-refractivity contribution in [2.45, 2.75) is 39.3 Å². The van der Waals surface area contributed by atoms with Gasteiger partial charge in [0.2, 0.25) is 5.76 Å². The van der Waals surface area contributed by atoms with E-state index in [2.05, 4.69) is 6.92 Å². The number of halogens is 1. The summed E-state index contributed by atoms with van der Waals surface area (Å²) < 4.78 is 17.3. The molecule has 0 bridgehead atoms. The van der Waals surface area contributed by atoms with E-state index in [9.17, 15) is 9.59 Å². The van der Waals surface area contributed by atoms with Crippen LogP contribution in [-0.4, -0.2) is 17.4 Å². The first-order chi connectivity index (χ1) is 16.5. The smallest absolute Gasteiger partial charge is 0.291 e. The number of hydrogen-bond acceptors (Lipinski definition) is 5. The minimum Gasteiger partial charge on any atom is -0.494 e. The molecule has 2 aromatic heterocycles. The molecule has 1 atom stereocenters. The van der Waals surface area contributed by atoms with E-state index < -0.39 is 6.04 Å². The van der Waals surface area contributed by atoms with Crippen LogP contribution in [0, 0.1) is 6.92 Å². The maximum atomic E-state index is 13.7. The van der Waals surface area contributed by atoms with Crippen molar-refractivity contribution < 1.29 is 18.4 Å². The molecule has 1 amide bonds. The molecule has 1 aliphatic heterocycles. The van der Waals surface area contributed by atoms with Gasteiger partial charge in [-0.15, -0.1) is 0 Å². The molecule has 1 aliphatic rings. The summed E-state index contributed by atoms with van der Waals surface area (Å²) in [6.45, 7) is 4.78. The SMILES string of the molecule is CCCCOc1ccc(C2c3c(oc4cc(C)c(Cl)cc4c3=O)C(=O)N2Cc2ccco2)cc1. The quantitative estimate of drug-likeness (QED) is 0.293. The Labute approximate surface area is 201 Å². The highest BCUT2D eigenvalue weighted by atomic mass is 35.5. The predicted octanol–water partition coefficient (Wildman–Crippen LogP) is 6.27. The lowest BCUT2D eigenvalue weighted by atomic mass is 9.98. The fourth-order valence-corrected chi connectivity index (χ4v) is 4.47. The molecule has 7 heteroatoms. The number of carbonyl (C=O) groups is 1. The summed E-state index contributed by atoms with van der Waals surface area (Å²) in [5.74, 6) is 1.05. The van der Waals surface area contributed by atoms with Gasteiger partial charge < -0.3 is 18.5 Å². The van der Waals surface area contributed by atoms with Crippen molar-refractivity contribution in [1.29, 1.82) is 0 Å². The van der Waals surface area contributed by atoms with E-state index in [1.54, 1.807) is 35.4 Å². The van der Waals surface area contributed by atoms with Crippen molar-refractivity contribution in [2.24, 2.45) is 0 Å². The molecule has 0 saturated carbocycles. The normalized spacial score (nSPS) is 15.2. The van der Waals surface area contributed by atoms with Crippen molar-refractivity contribution in [2.75, 3.05) is 6.61 Å². The maximum absolute atomic E-state index is 13.7. The van der Waals surface area contributed by atoms with E-state index in [0.717, 1.165) is 29.7 Å². The van der Waals surface area contributed by atoms with E-state index in [1.165, 1.54) is 0 Å². The zero-order valence-corrected chi connectivity index (χ0v) is 19.7. The summed E-state index contributed by atoms with van der Waals surface area (Å²) in [5.41, 5.74) is 1.94. The number of amides is 1. The molecule has 2 aromatic carbocycles. The Morgan fingerprint density at radius 3 is 2.62 bits per heavy atom. The van der Waals surface area contributed by atoms with Gasteiger partial charge in [0, 0.05) is 5.02 Å². The van der Waals surface area contributed by atoms with Crippen LogP contribution in [-0.2, 0) is 6.54 Å². The highest BCUT2D eigenvalue weighted by molar-refractivity contribution is 6.32. The summed E-state index contributed by atoms with van der Waals surface area (Å²) in [4.78, 5) is 28.8. The molecule has 1 unspecified atom stereocenters. The maximum Gasteiger partial charge on any atom is 0.291 e. The average Bonchev–Trinajstić information content (AvgIpc) is 3.44. The van der Waals surface area contributed by atoms with Gasteiger partial charge in [0.15, 0.2) is 5.43 Å². The summed E-state index contributed by atoms with van der Waals surface area (Å²) in [6.07, 6.45) is 3.58. The molecule has 5 rings (SSSR count). The van der Waals surface area contributed by atoms with E-state index >= 15 is 0 Å². The number of carbonyl (C=O) groups excluding carboxylic acids is 1. The van der Waals surface area contributed by atoms with Crippen LogP contribution in [0.5, 0.6) is 5.75 Å². The summed E-state index contributed by atoms with van der Waals surface area (Å²) >= 11 is 6.30. The van der Waals surface area contributed by atoms with Crippen molar-refractivity contribution in [3.8, 4) is 5.75 Å². The lowest BCUT2D eigenvalue weighted by Gasteiger charge is -2.24. The molecule has 3 heterocycles. The predicted molar refractivity (Wildman–Crippen MR) is 130 cm³/mol. The number of ether oxygens (including phenoxy) is 1. The van der Waals surface area contributed by atoms with Gasteiger partial charge in [-0.1, -0.05) is 37.1 Å². The fourth-order valence-electron chi connectivity index (χ4n) is 4.30. The van der Waals surface area contributed by atoms with Gasteiger partial charge in [-0.25, -0.2) is 0 Å². The zero-order chi connectivity index (χ0) is 23.8. The summed E-state index contributed by atoms with van der Waals surface area (Å²) in [5, 5.41) is 0.827. The lowest BCUT2D eigenvalue weighted by Crippen LogP contribution is -2.29. The number of aryl methyl sites for hydroxylation is 1. The highest BCUT2D eigenvalue weighted by Crippen LogP contribution is 2.40.